The zero-order chi connectivity index (χ0) is 14.0. The number of esters is 1. The van der Waals surface area contributed by atoms with E-state index in [0.717, 1.165) is 29.5 Å². The molecule has 6 heteroatoms. The standard InChI is InChI=1S/C13H21N3O2S/c1-5-18-13(17)11-9(2)19-12(14-11)10-8-15(3)6-7-16(10)4/h10H,5-8H2,1-4H3. The van der Waals surface area contributed by atoms with Crippen molar-refractivity contribution in [2.75, 3.05) is 40.3 Å². The maximum atomic E-state index is 11.8. The zero-order valence-corrected chi connectivity index (χ0v) is 12.8. The Bertz CT molecular complexity index is 461. The maximum absolute atomic E-state index is 11.8. The van der Waals surface area contributed by atoms with E-state index in [-0.39, 0.29) is 12.0 Å². The molecule has 1 saturated heterocycles. The maximum Gasteiger partial charge on any atom is 0.358 e. The van der Waals surface area contributed by atoms with Gasteiger partial charge in [-0.15, -0.1) is 11.3 Å². The van der Waals surface area contributed by atoms with Crippen LogP contribution in [0, 0.1) is 6.92 Å². The van der Waals surface area contributed by atoms with Gasteiger partial charge >= 0.3 is 5.97 Å². The number of aromatic nitrogens is 1. The lowest BCUT2D eigenvalue weighted by atomic mass is 10.2. The van der Waals surface area contributed by atoms with Gasteiger partial charge in [0.05, 0.1) is 12.6 Å². The van der Waals surface area contributed by atoms with E-state index in [4.69, 9.17) is 4.74 Å². The molecule has 0 bridgehead atoms. The van der Waals surface area contributed by atoms with Crippen LogP contribution < -0.4 is 0 Å². The first-order chi connectivity index (χ1) is 9.02. The van der Waals surface area contributed by atoms with Crippen LogP contribution in [0.3, 0.4) is 0 Å². The second-order valence-corrected chi connectivity index (χ2v) is 6.17. The van der Waals surface area contributed by atoms with Crippen LogP contribution in [0.2, 0.25) is 0 Å². The summed E-state index contributed by atoms with van der Waals surface area (Å²) in [5.41, 5.74) is 0.475. The lowest BCUT2D eigenvalue weighted by Crippen LogP contribution is -2.44. The van der Waals surface area contributed by atoms with E-state index in [9.17, 15) is 4.79 Å². The predicted octanol–water partition coefficient (Wildman–Crippen LogP) is 1.55. The minimum absolute atomic E-state index is 0.269. The van der Waals surface area contributed by atoms with Crippen molar-refractivity contribution in [3.05, 3.63) is 15.6 Å². The summed E-state index contributed by atoms with van der Waals surface area (Å²) in [6.45, 7) is 7.17. The fourth-order valence-corrected chi connectivity index (χ4v) is 3.29. The number of nitrogens with zero attached hydrogens (tertiary/aromatic N) is 3. The third kappa shape index (κ3) is 3.13. The highest BCUT2D eigenvalue weighted by Gasteiger charge is 2.28. The summed E-state index contributed by atoms with van der Waals surface area (Å²) in [5.74, 6) is -0.311. The predicted molar refractivity (Wildman–Crippen MR) is 75.7 cm³/mol. The summed E-state index contributed by atoms with van der Waals surface area (Å²) in [6, 6.07) is 0.269. The van der Waals surface area contributed by atoms with Crippen molar-refractivity contribution in [1.82, 2.24) is 14.8 Å². The first-order valence-electron chi connectivity index (χ1n) is 6.56. The molecule has 1 aromatic rings. The van der Waals surface area contributed by atoms with Crippen LogP contribution in [0.4, 0.5) is 0 Å². The lowest BCUT2D eigenvalue weighted by molar-refractivity contribution is 0.0518. The number of piperazine rings is 1. The Hall–Kier alpha value is -0.980. The van der Waals surface area contributed by atoms with Gasteiger partial charge in [0.15, 0.2) is 5.69 Å². The number of hydrogen-bond donors (Lipinski definition) is 0. The van der Waals surface area contributed by atoms with Gasteiger partial charge in [-0.3, -0.25) is 4.90 Å². The topological polar surface area (TPSA) is 45.7 Å². The average Bonchev–Trinajstić information content (AvgIpc) is 2.74. The second-order valence-electron chi connectivity index (χ2n) is 4.94. The summed E-state index contributed by atoms with van der Waals surface area (Å²) in [4.78, 5) is 21.9. The summed E-state index contributed by atoms with van der Waals surface area (Å²) < 4.78 is 5.04. The molecule has 0 radical (unpaired) electrons. The van der Waals surface area contributed by atoms with Crippen LogP contribution >= 0.6 is 11.3 Å². The quantitative estimate of drug-likeness (QED) is 0.788. The Labute approximate surface area is 118 Å². The molecule has 106 valence electrons. The van der Waals surface area contributed by atoms with Crippen molar-refractivity contribution in [3.8, 4) is 0 Å². The van der Waals surface area contributed by atoms with Crippen LogP contribution in [0.25, 0.3) is 0 Å². The number of thiazole rings is 1. The summed E-state index contributed by atoms with van der Waals surface area (Å²) in [7, 11) is 4.23. The molecule has 5 nitrogen and oxygen atoms in total. The molecule has 1 fully saturated rings. The van der Waals surface area contributed by atoms with Crippen molar-refractivity contribution >= 4 is 17.3 Å². The van der Waals surface area contributed by atoms with Crippen LogP contribution in [0.1, 0.15) is 33.3 Å². The molecule has 0 spiro atoms. The Morgan fingerprint density at radius 2 is 2.21 bits per heavy atom. The van der Waals surface area contributed by atoms with E-state index in [1.54, 1.807) is 11.3 Å². The third-order valence-electron chi connectivity index (χ3n) is 3.42. The molecule has 1 aromatic heterocycles. The van der Waals surface area contributed by atoms with Crippen LogP contribution in [0.5, 0.6) is 0 Å². The minimum atomic E-state index is -0.311. The van der Waals surface area contributed by atoms with Crippen LogP contribution in [0.15, 0.2) is 0 Å². The molecule has 19 heavy (non-hydrogen) atoms. The van der Waals surface area contributed by atoms with Gasteiger partial charge in [0, 0.05) is 24.5 Å². The van der Waals surface area contributed by atoms with Crippen LogP contribution in [-0.4, -0.2) is 61.1 Å². The highest BCUT2D eigenvalue weighted by Crippen LogP contribution is 2.29. The number of likely N-dealkylation sites (N-methyl/N-ethyl adjacent to an activating group) is 2. The third-order valence-corrected chi connectivity index (χ3v) is 4.49. The molecule has 0 N–H and O–H groups in total. The molecule has 0 aliphatic carbocycles. The SMILES string of the molecule is CCOC(=O)c1nc(C2CN(C)CCN2C)sc1C. The Kier molecular flexibility index (Phi) is 4.54. The van der Waals surface area contributed by atoms with Gasteiger partial charge < -0.3 is 9.64 Å². The molecule has 1 aliphatic rings. The van der Waals surface area contributed by atoms with Gasteiger partial charge in [-0.2, -0.15) is 0 Å². The van der Waals surface area contributed by atoms with Gasteiger partial charge in [-0.25, -0.2) is 9.78 Å². The minimum Gasteiger partial charge on any atom is -0.461 e. The average molecular weight is 283 g/mol. The second kappa shape index (κ2) is 5.98. The van der Waals surface area contributed by atoms with E-state index in [1.165, 1.54) is 0 Å². The molecule has 0 aromatic carbocycles. The van der Waals surface area contributed by atoms with E-state index < -0.39 is 0 Å². The Morgan fingerprint density at radius 1 is 1.47 bits per heavy atom. The smallest absolute Gasteiger partial charge is 0.358 e. The number of carbonyl (C=O) groups excluding carboxylic acids is 1. The van der Waals surface area contributed by atoms with E-state index in [0.29, 0.717) is 12.3 Å². The Morgan fingerprint density at radius 3 is 2.89 bits per heavy atom. The molecule has 1 aliphatic heterocycles. The van der Waals surface area contributed by atoms with Gasteiger partial charge in [0.2, 0.25) is 0 Å². The van der Waals surface area contributed by atoms with Crippen molar-refractivity contribution < 1.29 is 9.53 Å². The van der Waals surface area contributed by atoms with Crippen LogP contribution in [-0.2, 0) is 4.74 Å². The zero-order valence-electron chi connectivity index (χ0n) is 12.0. The highest BCUT2D eigenvalue weighted by molar-refractivity contribution is 7.12. The molecule has 2 heterocycles. The number of aryl methyl sites for hydroxylation is 1. The monoisotopic (exact) mass is 283 g/mol. The van der Waals surface area contributed by atoms with E-state index in [1.807, 2.05) is 13.8 Å². The Balaban J connectivity index is 2.21. The number of hydrogen-bond acceptors (Lipinski definition) is 6. The first kappa shape index (κ1) is 14.4. The van der Waals surface area contributed by atoms with Crippen molar-refractivity contribution in [2.24, 2.45) is 0 Å². The molecule has 2 rings (SSSR count). The molecule has 1 atom stereocenters. The lowest BCUT2D eigenvalue weighted by Gasteiger charge is -2.36. The van der Waals surface area contributed by atoms with Crippen molar-refractivity contribution in [2.45, 2.75) is 19.9 Å². The summed E-state index contributed by atoms with van der Waals surface area (Å²) in [6.07, 6.45) is 0. The number of rotatable bonds is 3. The molecular weight excluding hydrogens is 262 g/mol. The van der Waals surface area contributed by atoms with Gasteiger partial charge in [-0.05, 0) is 27.9 Å². The number of carbonyl (C=O) groups is 1. The fourth-order valence-electron chi connectivity index (χ4n) is 2.23. The molecule has 1 unspecified atom stereocenters. The molecule has 0 saturated carbocycles. The highest BCUT2D eigenvalue weighted by atomic mass is 32.1. The van der Waals surface area contributed by atoms with Gasteiger partial charge in [0.1, 0.15) is 5.01 Å². The fraction of sp³-hybridized carbons (Fsp3) is 0.692. The van der Waals surface area contributed by atoms with Crippen molar-refractivity contribution in [1.29, 1.82) is 0 Å². The normalized spacial score (nSPS) is 21.6. The first-order valence-corrected chi connectivity index (χ1v) is 7.37. The van der Waals surface area contributed by atoms with E-state index >= 15 is 0 Å². The molecule has 0 amide bonds. The molecular formula is C13H21N3O2S. The largest absolute Gasteiger partial charge is 0.461 e. The number of ether oxygens (including phenoxy) is 1. The van der Waals surface area contributed by atoms with Crippen molar-refractivity contribution in [3.63, 3.8) is 0 Å². The van der Waals surface area contributed by atoms with Gasteiger partial charge in [0.25, 0.3) is 0 Å². The summed E-state index contributed by atoms with van der Waals surface area (Å²) >= 11 is 1.60. The van der Waals surface area contributed by atoms with E-state index in [2.05, 4.69) is 28.9 Å². The summed E-state index contributed by atoms with van der Waals surface area (Å²) in [5, 5.41) is 1.01. The van der Waals surface area contributed by atoms with Gasteiger partial charge in [-0.1, -0.05) is 0 Å².